The maximum Gasteiger partial charge on any atom is 0.358 e. The first kappa shape index (κ1) is 15.4. The van der Waals surface area contributed by atoms with E-state index in [1.807, 2.05) is 0 Å². The number of ether oxygens (including phenoxy) is 1. The summed E-state index contributed by atoms with van der Waals surface area (Å²) in [6, 6.07) is 0.224. The van der Waals surface area contributed by atoms with Crippen molar-refractivity contribution in [1.29, 1.82) is 0 Å². The monoisotopic (exact) mass is 296 g/mol. The lowest BCUT2D eigenvalue weighted by molar-refractivity contribution is -0.122. The number of nitrogens with zero attached hydrogens (tertiary/aromatic N) is 3. The number of methoxy groups -OCH3 is 1. The van der Waals surface area contributed by atoms with Crippen LogP contribution in [0.4, 0.5) is 0 Å². The number of hydrogen-bond donors (Lipinski definition) is 2. The van der Waals surface area contributed by atoms with Crippen LogP contribution in [0, 0.1) is 0 Å². The maximum absolute atomic E-state index is 12.0. The Kier molecular flexibility index (Phi) is 5.26. The first-order valence-electron chi connectivity index (χ1n) is 7.05. The molecular weight excluding hydrogens is 276 g/mol. The fourth-order valence-corrected chi connectivity index (χ4v) is 2.55. The van der Waals surface area contributed by atoms with E-state index in [4.69, 9.17) is 9.84 Å². The van der Waals surface area contributed by atoms with Gasteiger partial charge in [0.15, 0.2) is 5.69 Å². The molecule has 1 aromatic rings. The molecule has 2 N–H and O–H groups in total. The zero-order valence-electron chi connectivity index (χ0n) is 12.0. The molecule has 0 saturated heterocycles. The van der Waals surface area contributed by atoms with E-state index in [0.29, 0.717) is 18.7 Å². The third-order valence-electron chi connectivity index (χ3n) is 3.60. The molecule has 1 amide bonds. The van der Waals surface area contributed by atoms with Gasteiger partial charge in [-0.2, -0.15) is 0 Å². The fourth-order valence-electron chi connectivity index (χ4n) is 2.55. The Morgan fingerprint density at radius 2 is 2.14 bits per heavy atom. The highest BCUT2D eigenvalue weighted by molar-refractivity contribution is 5.86. The summed E-state index contributed by atoms with van der Waals surface area (Å²) in [5, 5.41) is 19.4. The van der Waals surface area contributed by atoms with E-state index < -0.39 is 5.97 Å². The van der Waals surface area contributed by atoms with Crippen LogP contribution in [0.3, 0.4) is 0 Å². The van der Waals surface area contributed by atoms with Crippen LogP contribution in [0.15, 0.2) is 0 Å². The maximum atomic E-state index is 12.0. The number of amides is 1. The first-order chi connectivity index (χ1) is 10.1. The number of hydrogen-bond acceptors (Lipinski definition) is 5. The van der Waals surface area contributed by atoms with Crippen molar-refractivity contribution in [3.63, 3.8) is 0 Å². The topological polar surface area (TPSA) is 106 Å². The largest absolute Gasteiger partial charge is 0.476 e. The Hall–Kier alpha value is -1.96. The van der Waals surface area contributed by atoms with Gasteiger partial charge in [0, 0.05) is 19.6 Å². The zero-order chi connectivity index (χ0) is 15.2. The van der Waals surface area contributed by atoms with E-state index in [1.165, 1.54) is 11.8 Å². The highest BCUT2D eigenvalue weighted by Gasteiger charge is 2.22. The number of nitrogens with one attached hydrogen (secondary N) is 1. The highest BCUT2D eigenvalue weighted by Crippen LogP contribution is 2.17. The predicted octanol–water partition coefficient (Wildman–Crippen LogP) is 0.224. The van der Waals surface area contributed by atoms with Gasteiger partial charge < -0.3 is 15.2 Å². The van der Waals surface area contributed by atoms with Gasteiger partial charge in [0.1, 0.15) is 6.54 Å². The SMILES string of the molecule is COCCc1c(C(=O)O)nnn1CC(=O)NC1CCCC1. The van der Waals surface area contributed by atoms with Gasteiger partial charge in [-0.25, -0.2) is 9.48 Å². The van der Waals surface area contributed by atoms with Gasteiger partial charge in [0.05, 0.1) is 12.3 Å². The van der Waals surface area contributed by atoms with E-state index >= 15 is 0 Å². The van der Waals surface area contributed by atoms with Gasteiger partial charge in [0.2, 0.25) is 5.91 Å². The molecule has 0 bridgehead atoms. The minimum atomic E-state index is -1.15. The minimum absolute atomic E-state index is 0.0180. The summed E-state index contributed by atoms with van der Waals surface area (Å²) in [4.78, 5) is 23.1. The summed E-state index contributed by atoms with van der Waals surface area (Å²) >= 11 is 0. The third-order valence-corrected chi connectivity index (χ3v) is 3.60. The van der Waals surface area contributed by atoms with Crippen molar-refractivity contribution in [2.24, 2.45) is 0 Å². The van der Waals surface area contributed by atoms with Crippen molar-refractivity contribution in [2.45, 2.75) is 44.7 Å². The molecule has 8 heteroatoms. The second kappa shape index (κ2) is 7.16. The number of aromatic nitrogens is 3. The highest BCUT2D eigenvalue weighted by atomic mass is 16.5. The summed E-state index contributed by atoms with van der Waals surface area (Å²) in [6.45, 7) is 0.327. The molecule has 0 unspecified atom stereocenters. The van der Waals surface area contributed by atoms with Gasteiger partial charge >= 0.3 is 5.97 Å². The van der Waals surface area contributed by atoms with Crippen LogP contribution >= 0.6 is 0 Å². The number of rotatable bonds is 7. The van der Waals surface area contributed by atoms with E-state index in [1.54, 1.807) is 0 Å². The van der Waals surface area contributed by atoms with E-state index in [-0.39, 0.29) is 24.2 Å². The van der Waals surface area contributed by atoms with Crippen molar-refractivity contribution in [3.05, 3.63) is 11.4 Å². The van der Waals surface area contributed by atoms with Crippen LogP contribution in [0.1, 0.15) is 41.9 Å². The average Bonchev–Trinajstić information content (AvgIpc) is 3.06. The van der Waals surface area contributed by atoms with Crippen molar-refractivity contribution < 1.29 is 19.4 Å². The second-order valence-electron chi connectivity index (χ2n) is 5.14. The van der Waals surface area contributed by atoms with Crippen LogP contribution in [-0.4, -0.2) is 51.7 Å². The molecule has 0 radical (unpaired) electrons. The number of carboxylic acids is 1. The van der Waals surface area contributed by atoms with Crippen molar-refractivity contribution in [2.75, 3.05) is 13.7 Å². The van der Waals surface area contributed by atoms with Gasteiger partial charge in [0.25, 0.3) is 0 Å². The molecule has 0 atom stereocenters. The Morgan fingerprint density at radius 3 is 2.76 bits per heavy atom. The molecule has 1 fully saturated rings. The van der Waals surface area contributed by atoms with Crippen LogP contribution in [0.5, 0.6) is 0 Å². The molecule has 8 nitrogen and oxygen atoms in total. The Bertz CT molecular complexity index is 508. The molecule has 1 heterocycles. The van der Waals surface area contributed by atoms with Crippen LogP contribution < -0.4 is 5.32 Å². The molecule has 1 aromatic heterocycles. The fraction of sp³-hybridized carbons (Fsp3) is 0.692. The van der Waals surface area contributed by atoms with Crippen molar-refractivity contribution in [1.82, 2.24) is 20.3 Å². The Balaban J connectivity index is 2.03. The Morgan fingerprint density at radius 1 is 1.43 bits per heavy atom. The van der Waals surface area contributed by atoms with Gasteiger partial charge in [-0.1, -0.05) is 18.1 Å². The van der Waals surface area contributed by atoms with Crippen LogP contribution in [-0.2, 0) is 22.5 Å². The molecule has 21 heavy (non-hydrogen) atoms. The quantitative estimate of drug-likeness (QED) is 0.745. The summed E-state index contributed by atoms with van der Waals surface area (Å²) in [6.07, 6.45) is 4.62. The smallest absolute Gasteiger partial charge is 0.358 e. The summed E-state index contributed by atoms with van der Waals surface area (Å²) in [5.74, 6) is -1.31. The summed E-state index contributed by atoms with van der Waals surface area (Å²) in [7, 11) is 1.53. The molecule has 0 aliphatic heterocycles. The summed E-state index contributed by atoms with van der Waals surface area (Å²) < 4.78 is 6.30. The standard InChI is InChI=1S/C13H20N4O4/c1-21-7-6-10-12(13(19)20)15-16-17(10)8-11(18)14-9-4-2-3-5-9/h9H,2-8H2,1H3,(H,14,18)(H,19,20). The minimum Gasteiger partial charge on any atom is -0.476 e. The van der Waals surface area contributed by atoms with Gasteiger partial charge in [-0.15, -0.1) is 5.10 Å². The van der Waals surface area contributed by atoms with E-state index in [0.717, 1.165) is 25.7 Å². The lowest BCUT2D eigenvalue weighted by Crippen LogP contribution is -2.35. The number of carbonyl (C=O) groups excluding carboxylic acids is 1. The second-order valence-corrected chi connectivity index (χ2v) is 5.14. The molecule has 116 valence electrons. The van der Waals surface area contributed by atoms with Crippen LogP contribution in [0.2, 0.25) is 0 Å². The molecule has 1 saturated carbocycles. The molecular formula is C13H20N4O4. The van der Waals surface area contributed by atoms with Gasteiger partial charge in [-0.05, 0) is 12.8 Å². The normalized spacial score (nSPS) is 15.3. The lowest BCUT2D eigenvalue weighted by atomic mass is 10.2. The Labute approximate surface area is 122 Å². The third kappa shape index (κ3) is 4.01. The molecule has 2 rings (SSSR count). The predicted molar refractivity (Wildman–Crippen MR) is 73.0 cm³/mol. The average molecular weight is 296 g/mol. The first-order valence-corrected chi connectivity index (χ1v) is 7.05. The molecule has 1 aliphatic carbocycles. The van der Waals surface area contributed by atoms with E-state index in [9.17, 15) is 9.59 Å². The van der Waals surface area contributed by atoms with Crippen LogP contribution in [0.25, 0.3) is 0 Å². The number of aromatic carboxylic acids is 1. The zero-order valence-corrected chi connectivity index (χ0v) is 12.0. The van der Waals surface area contributed by atoms with Crippen molar-refractivity contribution in [3.8, 4) is 0 Å². The summed E-state index contributed by atoms with van der Waals surface area (Å²) in [5.41, 5.74) is 0.284. The lowest BCUT2D eigenvalue weighted by Gasteiger charge is -2.12. The molecule has 0 aromatic carbocycles. The molecule has 1 aliphatic rings. The number of carbonyl (C=O) groups is 2. The van der Waals surface area contributed by atoms with Gasteiger partial charge in [-0.3, -0.25) is 4.79 Å². The van der Waals surface area contributed by atoms with E-state index in [2.05, 4.69) is 15.6 Å². The molecule has 0 spiro atoms. The number of carboxylic acid groups (broad SMARTS) is 1. The van der Waals surface area contributed by atoms with Crippen molar-refractivity contribution >= 4 is 11.9 Å².